The first-order valence-electron chi connectivity index (χ1n) is 5.27. The number of carbonyl (C=O) groups excluding carboxylic acids is 1. The molecule has 0 unspecified atom stereocenters. The van der Waals surface area contributed by atoms with Gasteiger partial charge in [0.15, 0.2) is 0 Å². The molecule has 0 aromatic rings. The predicted octanol–water partition coefficient (Wildman–Crippen LogP) is 3.11. The second kappa shape index (κ2) is 4.30. The highest BCUT2D eigenvalue weighted by molar-refractivity contribution is 6.70. The van der Waals surface area contributed by atoms with Gasteiger partial charge in [-0.1, -0.05) is 0 Å². The molecule has 0 heterocycles. The van der Waals surface area contributed by atoms with E-state index >= 15 is 0 Å². The second-order valence-corrected chi connectivity index (χ2v) is 9.40. The van der Waals surface area contributed by atoms with Crippen molar-refractivity contribution in [3.8, 4) is 0 Å². The monoisotopic (exact) mass is 212 g/mol. The van der Waals surface area contributed by atoms with Gasteiger partial charge < -0.3 is 4.43 Å². The predicted molar refractivity (Wildman–Crippen MR) is 60.5 cm³/mol. The first-order valence-corrected chi connectivity index (χ1v) is 8.68. The van der Waals surface area contributed by atoms with Crippen molar-refractivity contribution >= 4 is 14.1 Å². The lowest BCUT2D eigenvalue weighted by atomic mass is 9.90. The van der Waals surface area contributed by atoms with Crippen LogP contribution in [0.5, 0.6) is 0 Å². The van der Waals surface area contributed by atoms with Crippen LogP contribution in [0.2, 0.25) is 19.6 Å². The summed E-state index contributed by atoms with van der Waals surface area (Å²) in [6.07, 6.45) is 4.95. The molecule has 1 atom stereocenters. The van der Waals surface area contributed by atoms with E-state index in [-0.39, 0.29) is 5.92 Å². The lowest BCUT2D eigenvalue weighted by Gasteiger charge is -2.27. The van der Waals surface area contributed by atoms with Crippen LogP contribution in [0.3, 0.4) is 0 Å². The van der Waals surface area contributed by atoms with Crippen LogP contribution in [-0.2, 0) is 9.22 Å². The van der Waals surface area contributed by atoms with Gasteiger partial charge in [-0.3, -0.25) is 4.79 Å². The fourth-order valence-electron chi connectivity index (χ4n) is 1.70. The van der Waals surface area contributed by atoms with Gasteiger partial charge in [-0.15, -0.1) is 0 Å². The summed E-state index contributed by atoms with van der Waals surface area (Å²) in [5.41, 5.74) is 0. The second-order valence-electron chi connectivity index (χ2n) is 4.97. The summed E-state index contributed by atoms with van der Waals surface area (Å²) in [7, 11) is -1.49. The summed E-state index contributed by atoms with van der Waals surface area (Å²) >= 11 is 0. The van der Waals surface area contributed by atoms with Crippen LogP contribution in [0.15, 0.2) is 11.8 Å². The highest BCUT2D eigenvalue weighted by Gasteiger charge is 2.24. The number of hydrogen-bond acceptors (Lipinski definition) is 2. The lowest BCUT2D eigenvalue weighted by molar-refractivity contribution is -0.121. The molecule has 0 aliphatic heterocycles. The number of hydrogen-bond donors (Lipinski definition) is 0. The molecule has 0 bridgehead atoms. The molecule has 0 aromatic heterocycles. The average Bonchev–Trinajstić information content (AvgIpc) is 2.01. The largest absolute Gasteiger partial charge is 0.548 e. The third kappa shape index (κ3) is 3.66. The molecule has 1 aliphatic carbocycles. The van der Waals surface area contributed by atoms with Gasteiger partial charge in [-0.25, -0.2) is 0 Å². The van der Waals surface area contributed by atoms with Gasteiger partial charge in [0.1, 0.15) is 5.78 Å². The SMILES string of the molecule is CC(=O)[C@@H]1CCC=C(O[Si](C)(C)C)C1. The van der Waals surface area contributed by atoms with Gasteiger partial charge in [0.25, 0.3) is 0 Å². The van der Waals surface area contributed by atoms with Gasteiger partial charge in [0.2, 0.25) is 8.32 Å². The van der Waals surface area contributed by atoms with Gasteiger partial charge in [-0.05, 0) is 45.5 Å². The summed E-state index contributed by atoms with van der Waals surface area (Å²) in [5, 5.41) is 0. The van der Waals surface area contributed by atoms with Gasteiger partial charge in [0.05, 0.1) is 5.76 Å². The fourth-order valence-corrected chi connectivity index (χ4v) is 2.65. The molecule has 0 radical (unpaired) electrons. The molecule has 0 fully saturated rings. The zero-order valence-electron chi connectivity index (χ0n) is 9.59. The van der Waals surface area contributed by atoms with Crippen LogP contribution in [0.4, 0.5) is 0 Å². The first kappa shape index (κ1) is 11.5. The van der Waals surface area contributed by atoms with E-state index in [2.05, 4.69) is 25.7 Å². The Balaban J connectivity index is 2.56. The highest BCUT2D eigenvalue weighted by atomic mass is 28.4. The normalized spacial score (nSPS) is 22.9. The molecular formula is C11H20O2Si. The van der Waals surface area contributed by atoms with E-state index in [1.54, 1.807) is 6.92 Å². The van der Waals surface area contributed by atoms with Crippen LogP contribution >= 0.6 is 0 Å². The maximum absolute atomic E-state index is 11.2. The summed E-state index contributed by atoms with van der Waals surface area (Å²) in [6, 6.07) is 0. The van der Waals surface area contributed by atoms with Crippen molar-refractivity contribution in [2.24, 2.45) is 5.92 Å². The minimum Gasteiger partial charge on any atom is -0.548 e. The Labute approximate surface area is 87.5 Å². The van der Waals surface area contributed by atoms with Crippen molar-refractivity contribution in [3.63, 3.8) is 0 Å². The van der Waals surface area contributed by atoms with Crippen molar-refractivity contribution in [2.75, 3.05) is 0 Å². The average molecular weight is 212 g/mol. The molecule has 0 N–H and O–H groups in total. The van der Waals surface area contributed by atoms with Crippen molar-refractivity contribution in [1.82, 2.24) is 0 Å². The molecule has 3 heteroatoms. The third-order valence-corrected chi connectivity index (χ3v) is 3.22. The smallest absolute Gasteiger partial charge is 0.241 e. The number of rotatable bonds is 3. The van der Waals surface area contributed by atoms with E-state index < -0.39 is 8.32 Å². The van der Waals surface area contributed by atoms with Gasteiger partial charge in [0, 0.05) is 12.3 Å². The van der Waals surface area contributed by atoms with Crippen molar-refractivity contribution in [2.45, 2.75) is 45.8 Å². The van der Waals surface area contributed by atoms with E-state index in [0.717, 1.165) is 25.0 Å². The van der Waals surface area contributed by atoms with Crippen molar-refractivity contribution in [3.05, 3.63) is 11.8 Å². The molecule has 2 nitrogen and oxygen atoms in total. The van der Waals surface area contributed by atoms with Crippen LogP contribution in [0.1, 0.15) is 26.2 Å². The maximum Gasteiger partial charge on any atom is 0.241 e. The minimum atomic E-state index is -1.49. The first-order chi connectivity index (χ1) is 6.38. The van der Waals surface area contributed by atoms with Gasteiger partial charge >= 0.3 is 0 Å². The van der Waals surface area contributed by atoms with Crippen LogP contribution in [0.25, 0.3) is 0 Å². The Kier molecular flexibility index (Phi) is 3.53. The number of ketones is 1. The Hall–Kier alpha value is -0.573. The van der Waals surface area contributed by atoms with E-state index in [1.807, 2.05) is 0 Å². The van der Waals surface area contributed by atoms with E-state index in [9.17, 15) is 4.79 Å². The summed E-state index contributed by atoms with van der Waals surface area (Å²) in [4.78, 5) is 11.2. The molecule has 1 aliphatic rings. The minimum absolute atomic E-state index is 0.200. The highest BCUT2D eigenvalue weighted by Crippen LogP contribution is 2.27. The van der Waals surface area contributed by atoms with Crippen molar-refractivity contribution < 1.29 is 9.22 Å². The Morgan fingerprint density at radius 2 is 2.14 bits per heavy atom. The molecule has 0 saturated heterocycles. The molecule has 1 rings (SSSR count). The van der Waals surface area contributed by atoms with Crippen LogP contribution in [-0.4, -0.2) is 14.1 Å². The number of allylic oxidation sites excluding steroid dienone is 2. The Morgan fingerprint density at radius 3 is 2.64 bits per heavy atom. The third-order valence-electron chi connectivity index (χ3n) is 2.35. The standard InChI is InChI=1S/C11H20O2Si/c1-9(12)10-6-5-7-11(8-10)13-14(2,3)4/h7,10H,5-6,8H2,1-4H3/t10-/m1/s1. The molecule has 80 valence electrons. The topological polar surface area (TPSA) is 26.3 Å². The molecule has 14 heavy (non-hydrogen) atoms. The molecular weight excluding hydrogens is 192 g/mol. The van der Waals surface area contributed by atoms with Crippen molar-refractivity contribution in [1.29, 1.82) is 0 Å². The Bertz CT molecular complexity index is 251. The zero-order valence-corrected chi connectivity index (χ0v) is 10.6. The van der Waals surface area contributed by atoms with Crippen LogP contribution in [0, 0.1) is 5.92 Å². The molecule has 0 saturated carbocycles. The summed E-state index contributed by atoms with van der Waals surface area (Å²) < 4.78 is 5.91. The lowest BCUT2D eigenvalue weighted by Crippen LogP contribution is -2.27. The quantitative estimate of drug-likeness (QED) is 0.672. The fraction of sp³-hybridized carbons (Fsp3) is 0.727. The van der Waals surface area contributed by atoms with E-state index in [4.69, 9.17) is 4.43 Å². The molecule has 0 spiro atoms. The maximum atomic E-state index is 11.2. The van der Waals surface area contributed by atoms with Gasteiger partial charge in [-0.2, -0.15) is 0 Å². The summed E-state index contributed by atoms with van der Waals surface area (Å²) in [6.45, 7) is 8.20. The molecule has 0 amide bonds. The number of carbonyl (C=O) groups is 1. The van der Waals surface area contributed by atoms with E-state index in [1.165, 1.54) is 0 Å². The van der Waals surface area contributed by atoms with E-state index in [0.29, 0.717) is 5.78 Å². The summed E-state index contributed by atoms with van der Waals surface area (Å²) in [5.74, 6) is 1.55. The van der Waals surface area contributed by atoms with Crippen LogP contribution < -0.4 is 0 Å². The Morgan fingerprint density at radius 1 is 1.50 bits per heavy atom. The molecule has 0 aromatic carbocycles. The number of Topliss-reactive ketones (excluding diaryl/α,β-unsaturated/α-hetero) is 1. The zero-order chi connectivity index (χ0) is 10.8.